The maximum atomic E-state index is 11.9. The van der Waals surface area contributed by atoms with Gasteiger partial charge >= 0.3 is 5.69 Å². The molecule has 1 aromatic rings. The Kier molecular flexibility index (Phi) is 4.15. The summed E-state index contributed by atoms with van der Waals surface area (Å²) in [5.74, 6) is -0.272. The van der Waals surface area contributed by atoms with Crippen molar-refractivity contribution in [3.05, 3.63) is 22.0 Å². The number of hydrogen-bond acceptors (Lipinski definition) is 6. The molecule has 8 nitrogen and oxygen atoms in total. The number of ether oxygens (including phenoxy) is 1. The van der Waals surface area contributed by atoms with Gasteiger partial charge in [-0.3, -0.25) is 24.5 Å². The summed E-state index contributed by atoms with van der Waals surface area (Å²) in [4.78, 5) is 25.2. The average Bonchev–Trinajstić information content (AvgIpc) is 2.97. The molecule has 8 heteroatoms. The van der Waals surface area contributed by atoms with Crippen LogP contribution in [0.4, 0.5) is 5.69 Å². The zero-order valence-corrected chi connectivity index (χ0v) is 15.4. The largest absolute Gasteiger partial charge is 0.381 e. The van der Waals surface area contributed by atoms with Crippen LogP contribution in [0.2, 0.25) is 0 Å². The van der Waals surface area contributed by atoms with E-state index in [4.69, 9.17) is 4.74 Å². The van der Waals surface area contributed by atoms with Crippen molar-refractivity contribution in [3.8, 4) is 0 Å². The normalized spacial score (nSPS) is 24.8. The van der Waals surface area contributed by atoms with E-state index in [9.17, 15) is 14.9 Å². The summed E-state index contributed by atoms with van der Waals surface area (Å²) in [7, 11) is 0. The Labute approximate surface area is 152 Å². The number of nitro groups is 1. The zero-order valence-electron chi connectivity index (χ0n) is 15.4. The molecule has 4 rings (SSSR count). The van der Waals surface area contributed by atoms with Crippen molar-refractivity contribution in [1.82, 2.24) is 14.7 Å². The summed E-state index contributed by atoms with van der Waals surface area (Å²) in [6, 6.07) is 0.164. The highest BCUT2D eigenvalue weighted by Gasteiger charge is 2.57. The van der Waals surface area contributed by atoms with E-state index in [1.54, 1.807) is 11.6 Å². The molecule has 142 valence electrons. The van der Waals surface area contributed by atoms with E-state index in [0.29, 0.717) is 5.41 Å². The Bertz CT molecular complexity index is 724. The first-order valence-electron chi connectivity index (χ1n) is 9.45. The second-order valence-electron chi connectivity index (χ2n) is 8.40. The zero-order chi connectivity index (χ0) is 18.5. The lowest BCUT2D eigenvalue weighted by Gasteiger charge is -2.64. The topological polar surface area (TPSA) is 90.5 Å². The van der Waals surface area contributed by atoms with Crippen LogP contribution in [0.5, 0.6) is 0 Å². The molecule has 0 amide bonds. The van der Waals surface area contributed by atoms with Crippen molar-refractivity contribution in [2.45, 2.75) is 57.5 Å². The number of carbonyl (C=O) groups is 1. The number of ketones is 1. The number of aromatic nitrogens is 2. The summed E-state index contributed by atoms with van der Waals surface area (Å²) >= 11 is 0. The van der Waals surface area contributed by atoms with Gasteiger partial charge in [0.2, 0.25) is 5.69 Å². The van der Waals surface area contributed by atoms with E-state index in [0.717, 1.165) is 52.0 Å². The first kappa shape index (κ1) is 17.6. The lowest BCUT2D eigenvalue weighted by atomic mass is 9.59. The van der Waals surface area contributed by atoms with Crippen LogP contribution in [-0.4, -0.2) is 57.2 Å². The third-order valence-electron chi connectivity index (χ3n) is 6.59. The first-order valence-corrected chi connectivity index (χ1v) is 9.45. The molecule has 3 heterocycles. The molecule has 0 bridgehead atoms. The molecule has 0 unspecified atom stereocenters. The molecule has 1 aliphatic carbocycles. The highest BCUT2D eigenvalue weighted by Crippen LogP contribution is 2.56. The van der Waals surface area contributed by atoms with Crippen LogP contribution in [0.25, 0.3) is 0 Å². The monoisotopic (exact) mass is 362 g/mol. The van der Waals surface area contributed by atoms with Crippen LogP contribution >= 0.6 is 0 Å². The van der Waals surface area contributed by atoms with Crippen molar-refractivity contribution in [2.24, 2.45) is 5.41 Å². The second kappa shape index (κ2) is 6.13. The van der Waals surface area contributed by atoms with Gasteiger partial charge in [0.05, 0.1) is 11.0 Å². The van der Waals surface area contributed by atoms with Gasteiger partial charge in [-0.05, 0) is 38.0 Å². The van der Waals surface area contributed by atoms with Gasteiger partial charge in [-0.2, -0.15) is 5.10 Å². The van der Waals surface area contributed by atoms with Gasteiger partial charge < -0.3 is 4.74 Å². The van der Waals surface area contributed by atoms with E-state index in [-0.39, 0.29) is 35.2 Å². The molecule has 0 atom stereocenters. The number of Topliss-reactive ketones (excluding diaryl/α,β-unsaturated/α-hetero) is 1. The molecule has 3 fully saturated rings. The SMILES string of the molecule is CCC(=O)c1nn(C2CC3(C2)CN(C2(C)CCOCC2)C3)cc1[N+](=O)[O-]. The number of rotatable bonds is 5. The molecule has 1 spiro atoms. The van der Waals surface area contributed by atoms with Crippen molar-refractivity contribution in [2.75, 3.05) is 26.3 Å². The van der Waals surface area contributed by atoms with Crippen LogP contribution in [0.1, 0.15) is 62.5 Å². The van der Waals surface area contributed by atoms with Crippen LogP contribution in [0, 0.1) is 15.5 Å². The Morgan fingerprint density at radius 3 is 2.62 bits per heavy atom. The van der Waals surface area contributed by atoms with E-state index < -0.39 is 4.92 Å². The molecule has 2 saturated heterocycles. The van der Waals surface area contributed by atoms with Crippen LogP contribution < -0.4 is 0 Å². The van der Waals surface area contributed by atoms with Crippen LogP contribution in [0.3, 0.4) is 0 Å². The number of likely N-dealkylation sites (tertiary alicyclic amines) is 1. The standard InChI is InChI=1S/C18H26N4O4/c1-3-15(23)16-14(22(24)25)10-21(19-16)13-8-18(9-13)11-20(12-18)17(2)4-6-26-7-5-17/h10,13H,3-9,11-12H2,1-2H3. The van der Waals surface area contributed by atoms with Gasteiger partial charge in [0, 0.05) is 38.3 Å². The van der Waals surface area contributed by atoms with Gasteiger partial charge in [-0.15, -0.1) is 0 Å². The molecule has 1 saturated carbocycles. The van der Waals surface area contributed by atoms with E-state index in [1.807, 2.05) is 0 Å². The van der Waals surface area contributed by atoms with Gasteiger partial charge in [0.1, 0.15) is 6.20 Å². The lowest BCUT2D eigenvalue weighted by molar-refractivity contribution is -0.385. The Hall–Kier alpha value is -1.80. The van der Waals surface area contributed by atoms with Gasteiger partial charge in [0.15, 0.2) is 5.78 Å². The highest BCUT2D eigenvalue weighted by molar-refractivity contribution is 5.97. The van der Waals surface area contributed by atoms with Crippen molar-refractivity contribution < 1.29 is 14.5 Å². The fourth-order valence-corrected chi connectivity index (χ4v) is 4.73. The number of nitrogens with zero attached hydrogens (tertiary/aromatic N) is 4. The minimum atomic E-state index is -0.502. The molecular weight excluding hydrogens is 336 g/mol. The number of carbonyl (C=O) groups excluding carboxylic acids is 1. The predicted molar refractivity (Wildman–Crippen MR) is 94.2 cm³/mol. The molecule has 3 aliphatic rings. The number of hydrogen-bond donors (Lipinski definition) is 0. The molecule has 0 aromatic carbocycles. The summed E-state index contributed by atoms with van der Waals surface area (Å²) < 4.78 is 7.15. The Balaban J connectivity index is 1.40. The molecule has 0 radical (unpaired) electrons. The fraction of sp³-hybridized carbons (Fsp3) is 0.778. The maximum absolute atomic E-state index is 11.9. The van der Waals surface area contributed by atoms with Crippen molar-refractivity contribution >= 4 is 11.5 Å². The average molecular weight is 362 g/mol. The summed E-state index contributed by atoms with van der Waals surface area (Å²) in [5.41, 5.74) is 0.410. The predicted octanol–water partition coefficient (Wildman–Crippen LogP) is 2.59. The van der Waals surface area contributed by atoms with E-state index in [2.05, 4.69) is 16.9 Å². The Morgan fingerprint density at radius 2 is 2.04 bits per heavy atom. The minimum Gasteiger partial charge on any atom is -0.381 e. The van der Waals surface area contributed by atoms with Crippen LogP contribution in [-0.2, 0) is 4.74 Å². The highest BCUT2D eigenvalue weighted by atomic mass is 16.6. The fourth-order valence-electron chi connectivity index (χ4n) is 4.73. The molecule has 1 aromatic heterocycles. The first-order chi connectivity index (χ1) is 12.4. The van der Waals surface area contributed by atoms with E-state index in [1.165, 1.54) is 6.20 Å². The third kappa shape index (κ3) is 2.75. The lowest BCUT2D eigenvalue weighted by Crippen LogP contribution is -2.69. The molecule has 26 heavy (non-hydrogen) atoms. The van der Waals surface area contributed by atoms with Crippen molar-refractivity contribution in [1.29, 1.82) is 0 Å². The molecule has 0 N–H and O–H groups in total. The third-order valence-corrected chi connectivity index (χ3v) is 6.59. The van der Waals surface area contributed by atoms with Gasteiger partial charge in [0.25, 0.3) is 0 Å². The molecular formula is C18H26N4O4. The summed E-state index contributed by atoms with van der Waals surface area (Å²) in [6.07, 6.45) is 5.80. The quantitative estimate of drug-likeness (QED) is 0.454. The van der Waals surface area contributed by atoms with Gasteiger partial charge in [-0.1, -0.05) is 6.92 Å². The minimum absolute atomic E-state index is 0.00315. The second-order valence-corrected chi connectivity index (χ2v) is 8.40. The molecule has 2 aliphatic heterocycles. The smallest absolute Gasteiger partial charge is 0.318 e. The van der Waals surface area contributed by atoms with Gasteiger partial charge in [-0.25, -0.2) is 0 Å². The van der Waals surface area contributed by atoms with Crippen molar-refractivity contribution in [3.63, 3.8) is 0 Å². The summed E-state index contributed by atoms with van der Waals surface area (Å²) in [6.45, 7) is 7.89. The summed E-state index contributed by atoms with van der Waals surface area (Å²) in [5, 5.41) is 15.5. The van der Waals surface area contributed by atoms with Crippen LogP contribution in [0.15, 0.2) is 6.20 Å². The maximum Gasteiger partial charge on any atom is 0.318 e. The Morgan fingerprint density at radius 1 is 1.38 bits per heavy atom. The van der Waals surface area contributed by atoms with E-state index >= 15 is 0 Å².